The van der Waals surface area contributed by atoms with Crippen molar-refractivity contribution in [3.8, 4) is 0 Å². The zero-order chi connectivity index (χ0) is 14.6. The summed E-state index contributed by atoms with van der Waals surface area (Å²) in [5.41, 5.74) is 0. The molecule has 0 saturated carbocycles. The zero-order valence-electron chi connectivity index (χ0n) is 9.51. The Hall–Kier alpha value is -0.390. The van der Waals surface area contributed by atoms with E-state index in [0.29, 0.717) is 0 Å². The van der Waals surface area contributed by atoms with E-state index in [-0.39, 0.29) is 4.31 Å². The Morgan fingerprint density at radius 3 is 1.94 bits per heavy atom. The summed E-state index contributed by atoms with van der Waals surface area (Å²) in [5, 5.41) is 8.53. The van der Waals surface area contributed by atoms with Crippen molar-refractivity contribution < 1.29 is 35.1 Å². The van der Waals surface area contributed by atoms with Crippen LogP contribution >= 0.6 is 0 Å². The Balaban J connectivity index is 4.88. The first kappa shape index (κ1) is 17.6. The monoisotopic (exact) mass is 313 g/mol. The summed E-state index contributed by atoms with van der Waals surface area (Å²) in [6.45, 7) is -3.26. The van der Waals surface area contributed by atoms with Gasteiger partial charge >= 0.3 is 6.18 Å². The second-order valence-electron chi connectivity index (χ2n) is 3.62. The maximum Gasteiger partial charge on any atom is 0.402 e. The van der Waals surface area contributed by atoms with E-state index in [1.807, 2.05) is 0 Å². The molecule has 11 heteroatoms. The van der Waals surface area contributed by atoms with Gasteiger partial charge in [0.1, 0.15) is 16.4 Å². The molecule has 0 aliphatic rings. The summed E-state index contributed by atoms with van der Waals surface area (Å²) in [5.74, 6) is -1.71. The van der Waals surface area contributed by atoms with Crippen LogP contribution in [0.3, 0.4) is 0 Å². The van der Waals surface area contributed by atoms with Gasteiger partial charge in [-0.05, 0) is 0 Å². The first-order valence-corrected chi connectivity index (χ1v) is 8.37. The van der Waals surface area contributed by atoms with Crippen molar-refractivity contribution in [2.45, 2.75) is 6.18 Å². The van der Waals surface area contributed by atoms with Gasteiger partial charge in [0.2, 0.25) is 10.0 Å². The van der Waals surface area contributed by atoms with E-state index in [4.69, 9.17) is 5.11 Å². The highest BCUT2D eigenvalue weighted by Crippen LogP contribution is 2.18. The van der Waals surface area contributed by atoms with Gasteiger partial charge in [-0.15, -0.1) is 0 Å². The Labute approximate surface area is 103 Å². The molecule has 0 saturated heterocycles. The van der Waals surface area contributed by atoms with Crippen LogP contribution in [0.15, 0.2) is 0 Å². The molecule has 6 nitrogen and oxygen atoms in total. The molecule has 0 rings (SSSR count). The number of halogens is 3. The lowest BCUT2D eigenvalue weighted by Gasteiger charge is -2.22. The van der Waals surface area contributed by atoms with Crippen molar-refractivity contribution in [3.05, 3.63) is 0 Å². The first-order valence-electron chi connectivity index (χ1n) is 4.70. The Morgan fingerprint density at radius 1 is 1.11 bits per heavy atom. The minimum atomic E-state index is -4.76. The Kier molecular flexibility index (Phi) is 6.04. The lowest BCUT2D eigenvalue weighted by Crippen LogP contribution is -2.42. The molecule has 0 aromatic carbocycles. The third kappa shape index (κ3) is 7.84. The average molecular weight is 313 g/mol. The lowest BCUT2D eigenvalue weighted by atomic mass is 10.6. The predicted octanol–water partition coefficient (Wildman–Crippen LogP) is -0.783. The number of rotatable bonds is 7. The van der Waals surface area contributed by atoms with Gasteiger partial charge < -0.3 is 5.11 Å². The molecule has 0 unspecified atom stereocenters. The van der Waals surface area contributed by atoms with Gasteiger partial charge in [0.25, 0.3) is 0 Å². The molecule has 1 N–H and O–H groups in total. The van der Waals surface area contributed by atoms with Crippen LogP contribution in [-0.4, -0.2) is 69.9 Å². The van der Waals surface area contributed by atoms with Gasteiger partial charge in [-0.25, -0.2) is 16.8 Å². The quantitative estimate of drug-likeness (QED) is 0.665. The molecule has 0 aromatic rings. The number of hydrogen-bond donors (Lipinski definition) is 1. The maximum absolute atomic E-state index is 12.1. The number of nitrogens with zero attached hydrogens (tertiary/aromatic N) is 1. The van der Waals surface area contributed by atoms with Crippen molar-refractivity contribution in [1.29, 1.82) is 0 Å². The van der Waals surface area contributed by atoms with Crippen LogP contribution in [0.5, 0.6) is 0 Å². The highest BCUT2D eigenvalue weighted by atomic mass is 32.2. The number of aliphatic hydroxyl groups is 1. The molecular formula is C7H14F3NO5S2. The number of alkyl halides is 3. The van der Waals surface area contributed by atoms with E-state index < -0.39 is 57.2 Å². The summed E-state index contributed by atoms with van der Waals surface area (Å²) in [7, 11) is -7.98. The first-order chi connectivity index (χ1) is 7.87. The van der Waals surface area contributed by atoms with Crippen LogP contribution < -0.4 is 0 Å². The van der Waals surface area contributed by atoms with E-state index in [2.05, 4.69) is 0 Å². The molecule has 0 aromatic heterocycles. The van der Waals surface area contributed by atoms with Crippen LogP contribution in [0, 0.1) is 0 Å². The SMILES string of the molecule is CS(=O)(=O)CCS(=O)(=O)N(CCO)CC(F)(F)F. The zero-order valence-corrected chi connectivity index (χ0v) is 11.1. The summed E-state index contributed by atoms with van der Waals surface area (Å²) in [6, 6.07) is 0. The fourth-order valence-electron chi connectivity index (χ4n) is 1.01. The highest BCUT2D eigenvalue weighted by Gasteiger charge is 2.36. The maximum atomic E-state index is 12.1. The van der Waals surface area contributed by atoms with Crippen molar-refractivity contribution >= 4 is 19.9 Å². The van der Waals surface area contributed by atoms with Crippen molar-refractivity contribution in [3.63, 3.8) is 0 Å². The third-order valence-electron chi connectivity index (χ3n) is 1.81. The fourth-order valence-corrected chi connectivity index (χ4v) is 4.03. The van der Waals surface area contributed by atoms with Crippen LogP contribution in [0.4, 0.5) is 13.2 Å². The minimum absolute atomic E-state index is 0.0260. The summed E-state index contributed by atoms with van der Waals surface area (Å²) in [4.78, 5) is 0. The summed E-state index contributed by atoms with van der Waals surface area (Å²) < 4.78 is 81.0. The molecule has 0 aliphatic carbocycles. The molecule has 0 fully saturated rings. The molecule has 0 bridgehead atoms. The third-order valence-corrected chi connectivity index (χ3v) is 4.83. The van der Waals surface area contributed by atoms with Crippen LogP contribution in [0.1, 0.15) is 0 Å². The van der Waals surface area contributed by atoms with Gasteiger partial charge in [-0.3, -0.25) is 0 Å². The number of sulfone groups is 1. The molecule has 0 aliphatic heterocycles. The fraction of sp³-hybridized carbons (Fsp3) is 1.00. The lowest BCUT2D eigenvalue weighted by molar-refractivity contribution is -0.136. The molecule has 18 heavy (non-hydrogen) atoms. The Morgan fingerprint density at radius 2 is 1.61 bits per heavy atom. The number of aliphatic hydroxyl groups excluding tert-OH is 1. The molecule has 0 spiro atoms. The highest BCUT2D eigenvalue weighted by molar-refractivity contribution is 7.93. The summed E-state index contributed by atoms with van der Waals surface area (Å²) in [6.07, 6.45) is -3.98. The number of sulfonamides is 1. The minimum Gasteiger partial charge on any atom is -0.395 e. The van der Waals surface area contributed by atoms with E-state index in [1.54, 1.807) is 0 Å². The predicted molar refractivity (Wildman–Crippen MR) is 58.2 cm³/mol. The second-order valence-corrected chi connectivity index (χ2v) is 7.97. The molecule has 0 atom stereocenters. The van der Waals surface area contributed by atoms with E-state index in [1.165, 1.54) is 0 Å². The van der Waals surface area contributed by atoms with Gasteiger partial charge in [0.15, 0.2) is 0 Å². The average Bonchev–Trinajstić information content (AvgIpc) is 2.11. The standard InChI is InChI=1S/C7H14F3NO5S2/c1-17(13,14)4-5-18(15,16)11(2-3-12)6-7(8,9)10/h12H,2-6H2,1H3. The van der Waals surface area contributed by atoms with E-state index >= 15 is 0 Å². The van der Waals surface area contributed by atoms with Crippen LogP contribution in [-0.2, 0) is 19.9 Å². The van der Waals surface area contributed by atoms with E-state index in [9.17, 15) is 30.0 Å². The molecular weight excluding hydrogens is 299 g/mol. The van der Waals surface area contributed by atoms with Crippen molar-refractivity contribution in [1.82, 2.24) is 4.31 Å². The van der Waals surface area contributed by atoms with Gasteiger partial charge in [0.05, 0.1) is 18.1 Å². The number of hydrogen-bond acceptors (Lipinski definition) is 5. The molecule has 0 radical (unpaired) electrons. The molecule has 110 valence electrons. The topological polar surface area (TPSA) is 91.8 Å². The van der Waals surface area contributed by atoms with Crippen LogP contribution in [0.2, 0.25) is 0 Å². The molecule has 0 heterocycles. The Bertz CT molecular complexity index is 456. The summed E-state index contributed by atoms with van der Waals surface area (Å²) >= 11 is 0. The van der Waals surface area contributed by atoms with Gasteiger partial charge in [-0.2, -0.15) is 17.5 Å². The second kappa shape index (κ2) is 6.17. The van der Waals surface area contributed by atoms with Gasteiger partial charge in [-0.1, -0.05) is 0 Å². The van der Waals surface area contributed by atoms with Crippen LogP contribution in [0.25, 0.3) is 0 Å². The van der Waals surface area contributed by atoms with Crippen molar-refractivity contribution in [2.75, 3.05) is 37.5 Å². The van der Waals surface area contributed by atoms with Crippen molar-refractivity contribution in [2.24, 2.45) is 0 Å². The van der Waals surface area contributed by atoms with Gasteiger partial charge in [0, 0.05) is 12.8 Å². The normalized spacial score (nSPS) is 14.1. The molecule has 0 amide bonds. The largest absolute Gasteiger partial charge is 0.402 e. The van der Waals surface area contributed by atoms with E-state index in [0.717, 1.165) is 6.26 Å². The smallest absolute Gasteiger partial charge is 0.395 e.